The predicted octanol–water partition coefficient (Wildman–Crippen LogP) is 14.1. The van der Waals surface area contributed by atoms with Crippen LogP contribution in [0.4, 0.5) is 17.1 Å². The van der Waals surface area contributed by atoms with Crippen molar-refractivity contribution in [3.63, 3.8) is 0 Å². The number of benzene rings is 9. The van der Waals surface area contributed by atoms with Crippen LogP contribution in [0.5, 0.6) is 0 Å². The highest BCUT2D eigenvalue weighted by Gasteiger charge is 2.16. The molecule has 0 unspecified atom stereocenters. The van der Waals surface area contributed by atoms with Crippen LogP contribution in [0.15, 0.2) is 212 Å². The van der Waals surface area contributed by atoms with Crippen LogP contribution in [-0.4, -0.2) is 0 Å². The number of rotatable bonds is 7. The third-order valence-electron chi connectivity index (χ3n) is 9.55. The van der Waals surface area contributed by atoms with Crippen LogP contribution in [0.25, 0.3) is 66.1 Å². The predicted molar refractivity (Wildman–Crippen MR) is 218 cm³/mol. The van der Waals surface area contributed by atoms with Crippen molar-refractivity contribution < 1.29 is 5.48 Å². The quantitative estimate of drug-likeness (QED) is 0.165. The molecule has 0 saturated carbocycles. The van der Waals surface area contributed by atoms with E-state index in [4.69, 9.17) is 0 Å². The Hall–Kier alpha value is -6.70. The van der Waals surface area contributed by atoms with Crippen molar-refractivity contribution in [1.29, 1.82) is 0 Å². The van der Waals surface area contributed by atoms with Gasteiger partial charge in [0, 0.05) is 16.8 Å². The molecule has 0 saturated heterocycles. The lowest BCUT2D eigenvalue weighted by Gasteiger charge is -2.27. The number of hydrogen-bond acceptors (Lipinski definition) is 1. The summed E-state index contributed by atoms with van der Waals surface area (Å²) in [6, 6.07) is 62.7. The topological polar surface area (TPSA) is 3.24 Å². The number of hydrogen-bond donors (Lipinski definition) is 0. The first-order valence-corrected chi connectivity index (χ1v) is 17.2. The van der Waals surface area contributed by atoms with E-state index in [1.165, 1.54) is 5.56 Å². The lowest BCUT2D eigenvalue weighted by Crippen LogP contribution is -2.10. The minimum absolute atomic E-state index is 0.0913. The van der Waals surface area contributed by atoms with Crippen molar-refractivity contribution in [1.82, 2.24) is 0 Å². The van der Waals surface area contributed by atoms with Crippen molar-refractivity contribution in [2.24, 2.45) is 0 Å². The molecular weight excluding hydrogens is 615 g/mol. The normalized spacial score (nSPS) is 12.2. The fraction of sp³-hybridized carbons (Fsp3) is 0. The van der Waals surface area contributed by atoms with Crippen LogP contribution < -0.4 is 4.90 Å². The second-order valence-electron chi connectivity index (χ2n) is 12.7. The summed E-state index contributed by atoms with van der Waals surface area (Å²) in [6.07, 6.45) is 0. The molecule has 0 heterocycles. The molecule has 9 aromatic rings. The number of fused-ring (bicyclic) bond motifs is 2. The maximum Gasteiger partial charge on any atom is 0.0645 e. The Morgan fingerprint density at radius 1 is 0.314 bits per heavy atom. The smallest absolute Gasteiger partial charge is 0.0645 e. The summed E-state index contributed by atoms with van der Waals surface area (Å²) in [7, 11) is 0. The van der Waals surface area contributed by atoms with E-state index < -0.39 is 0 Å². The Kier molecular flexibility index (Phi) is 6.84. The minimum Gasteiger partial charge on any atom is -0.310 e. The fourth-order valence-corrected chi connectivity index (χ4v) is 6.96. The molecule has 1 heteroatoms. The molecule has 1 nitrogen and oxygen atoms in total. The van der Waals surface area contributed by atoms with E-state index >= 15 is 0 Å². The molecule has 0 spiro atoms. The molecule has 0 aliphatic rings. The Labute approximate surface area is 305 Å². The molecule has 240 valence electrons. The lowest BCUT2D eigenvalue weighted by atomic mass is 9.95. The largest absolute Gasteiger partial charge is 0.310 e. The monoisotopic (exact) mass is 653 g/mol. The molecule has 0 atom stereocenters. The fourth-order valence-electron chi connectivity index (χ4n) is 6.96. The zero-order valence-corrected chi connectivity index (χ0v) is 27.8. The summed E-state index contributed by atoms with van der Waals surface area (Å²) in [5, 5.41) is 4.19. The van der Waals surface area contributed by atoms with Crippen molar-refractivity contribution in [3.8, 4) is 44.5 Å². The molecule has 0 aliphatic heterocycles. The van der Waals surface area contributed by atoms with Gasteiger partial charge in [-0.2, -0.15) is 0 Å². The summed E-state index contributed by atoms with van der Waals surface area (Å²) < 4.78 is 37.9. The van der Waals surface area contributed by atoms with E-state index in [9.17, 15) is 5.48 Å². The van der Waals surface area contributed by atoms with Crippen LogP contribution in [0, 0.1) is 0 Å². The molecule has 9 aromatic carbocycles. The van der Waals surface area contributed by atoms with E-state index in [1.807, 2.05) is 120 Å². The number of nitrogens with zero attached hydrogens (tertiary/aromatic N) is 1. The van der Waals surface area contributed by atoms with Crippen LogP contribution in [-0.2, 0) is 0 Å². The Bertz CT molecular complexity index is 2810. The maximum absolute atomic E-state index is 9.52. The maximum atomic E-state index is 9.52. The number of anilines is 3. The van der Waals surface area contributed by atoms with Gasteiger partial charge >= 0.3 is 0 Å². The molecule has 0 aliphatic carbocycles. The van der Waals surface area contributed by atoms with E-state index in [0.29, 0.717) is 5.56 Å². The molecule has 0 N–H and O–H groups in total. The average molecular weight is 654 g/mol. The zero-order chi connectivity index (χ0) is 37.5. The van der Waals surface area contributed by atoms with E-state index in [0.717, 1.165) is 60.7 Å². The van der Waals surface area contributed by atoms with Crippen LogP contribution >= 0.6 is 0 Å². The van der Waals surface area contributed by atoms with Gasteiger partial charge in [0.05, 0.1) is 11.2 Å². The van der Waals surface area contributed by atoms with E-state index in [-0.39, 0.29) is 35.4 Å². The van der Waals surface area contributed by atoms with E-state index in [1.54, 1.807) is 0 Å². The van der Waals surface area contributed by atoms with Gasteiger partial charge in [-0.15, -0.1) is 0 Å². The van der Waals surface area contributed by atoms with Crippen LogP contribution in [0.3, 0.4) is 0 Å². The third kappa shape index (κ3) is 5.96. The summed E-state index contributed by atoms with van der Waals surface area (Å²) in [5.41, 5.74) is 9.00. The SMILES string of the molecule is [2H]c1c([2H])c(N(c2ccc(-c3ccc(-c4ccccc4)cc3)cc2)c2cccc3ccccc23)c([2H])c([2H])c1-c1cccc(-c2cccc3ccccc23)c1. The highest BCUT2D eigenvalue weighted by atomic mass is 15.1. The van der Waals surface area contributed by atoms with Gasteiger partial charge < -0.3 is 4.90 Å². The summed E-state index contributed by atoms with van der Waals surface area (Å²) in [6.45, 7) is 0. The van der Waals surface area contributed by atoms with Gasteiger partial charge in [0.25, 0.3) is 0 Å². The van der Waals surface area contributed by atoms with Crippen molar-refractivity contribution >= 4 is 38.6 Å². The van der Waals surface area contributed by atoms with Crippen molar-refractivity contribution in [2.45, 2.75) is 0 Å². The summed E-state index contributed by atoms with van der Waals surface area (Å²) in [4.78, 5) is 1.88. The zero-order valence-electron chi connectivity index (χ0n) is 31.8. The molecular formula is C50H35N. The highest BCUT2D eigenvalue weighted by molar-refractivity contribution is 6.00. The molecule has 0 fully saturated rings. The molecule has 9 rings (SSSR count). The highest BCUT2D eigenvalue weighted by Crippen LogP contribution is 2.41. The van der Waals surface area contributed by atoms with Gasteiger partial charge in [-0.05, 0) is 97.0 Å². The Morgan fingerprint density at radius 3 is 1.51 bits per heavy atom. The molecule has 0 bridgehead atoms. The van der Waals surface area contributed by atoms with Gasteiger partial charge in [0.15, 0.2) is 0 Å². The third-order valence-corrected chi connectivity index (χ3v) is 9.55. The average Bonchev–Trinajstić information content (AvgIpc) is 3.25. The van der Waals surface area contributed by atoms with Gasteiger partial charge in [-0.3, -0.25) is 0 Å². The second kappa shape index (κ2) is 13.3. The second-order valence-corrected chi connectivity index (χ2v) is 12.7. The van der Waals surface area contributed by atoms with Gasteiger partial charge in [0.2, 0.25) is 0 Å². The Morgan fingerprint density at radius 2 is 0.804 bits per heavy atom. The van der Waals surface area contributed by atoms with Crippen molar-refractivity contribution in [3.05, 3.63) is 212 Å². The Balaban J connectivity index is 1.16. The van der Waals surface area contributed by atoms with Crippen LogP contribution in [0.1, 0.15) is 5.48 Å². The first-order valence-electron chi connectivity index (χ1n) is 19.2. The first kappa shape index (κ1) is 26.2. The summed E-state index contributed by atoms with van der Waals surface area (Å²) in [5.74, 6) is 0. The van der Waals surface area contributed by atoms with Gasteiger partial charge in [-0.25, -0.2) is 0 Å². The molecule has 0 radical (unpaired) electrons. The lowest BCUT2D eigenvalue weighted by molar-refractivity contribution is 1.30. The van der Waals surface area contributed by atoms with Crippen LogP contribution in [0.2, 0.25) is 0 Å². The molecule has 0 amide bonds. The summed E-state index contributed by atoms with van der Waals surface area (Å²) >= 11 is 0. The molecule has 51 heavy (non-hydrogen) atoms. The first-order chi connectivity index (χ1) is 27.0. The van der Waals surface area contributed by atoms with E-state index in [2.05, 4.69) is 72.8 Å². The van der Waals surface area contributed by atoms with Crippen molar-refractivity contribution in [2.75, 3.05) is 4.90 Å². The van der Waals surface area contributed by atoms with Gasteiger partial charge in [0.1, 0.15) is 0 Å². The van der Waals surface area contributed by atoms with Gasteiger partial charge in [-0.1, -0.05) is 176 Å². The molecule has 0 aromatic heterocycles. The minimum atomic E-state index is -0.111. The standard InChI is InChI=1S/C50H35N/c1-2-11-36(12-3-1)37-23-25-38(26-24-37)39-27-31-45(32-28-39)51(50-22-10-16-42-14-5-7-20-49(42)50)46-33-29-40(30-34-46)43-17-8-18-44(35-43)48-21-9-15-41-13-4-6-19-47(41)48/h1-35H/i29D,30D,33D,34D.